The number of nitrogens with zero attached hydrogens (tertiary/aromatic N) is 2. The van der Waals surface area contributed by atoms with Crippen LogP contribution in [0.2, 0.25) is 0 Å². The highest BCUT2D eigenvalue weighted by molar-refractivity contribution is 5.98. The van der Waals surface area contributed by atoms with Crippen LogP contribution in [0.1, 0.15) is 45.1 Å². The van der Waals surface area contributed by atoms with Crippen LogP contribution in [0.15, 0.2) is 54.7 Å². The van der Waals surface area contributed by atoms with Crippen LogP contribution < -0.4 is 0 Å². The largest absolute Gasteiger partial charge is 0.294 e. The molecule has 120 valence electrons. The van der Waals surface area contributed by atoms with Crippen LogP contribution in [0, 0.1) is 13.8 Å². The molecular formula is C21H20N2O. The van der Waals surface area contributed by atoms with Crippen molar-refractivity contribution in [1.29, 1.82) is 0 Å². The van der Waals surface area contributed by atoms with Crippen LogP contribution in [0.5, 0.6) is 0 Å². The van der Waals surface area contributed by atoms with Crippen LogP contribution in [0.4, 0.5) is 0 Å². The van der Waals surface area contributed by atoms with Crippen molar-refractivity contribution in [2.75, 3.05) is 0 Å². The van der Waals surface area contributed by atoms with Gasteiger partial charge in [-0.2, -0.15) is 5.10 Å². The standard InChI is InChI=1S/C21H20N2O/c1-14-3-7-16(8-4-14)17-11-20-19(21(24)12-17)13-22-23(20)18-9-5-15(2)6-10-18/h3-10,13,17H,11-12H2,1-2H3/t17-/m1/s1. The van der Waals surface area contributed by atoms with Crippen molar-refractivity contribution in [1.82, 2.24) is 9.78 Å². The molecule has 1 aliphatic carbocycles. The van der Waals surface area contributed by atoms with Gasteiger partial charge in [0.1, 0.15) is 0 Å². The number of Topliss-reactive ketones (excluding diaryl/α,β-unsaturated/α-hetero) is 1. The first kappa shape index (κ1) is 14.9. The summed E-state index contributed by atoms with van der Waals surface area (Å²) in [5, 5.41) is 4.49. The van der Waals surface area contributed by atoms with Gasteiger partial charge in [-0.15, -0.1) is 0 Å². The maximum atomic E-state index is 12.6. The maximum Gasteiger partial charge on any atom is 0.166 e. The number of hydrogen-bond acceptors (Lipinski definition) is 2. The third-order valence-corrected chi connectivity index (χ3v) is 4.87. The summed E-state index contributed by atoms with van der Waals surface area (Å²) in [6.07, 6.45) is 3.14. The lowest BCUT2D eigenvalue weighted by Crippen LogP contribution is -2.20. The lowest BCUT2D eigenvalue weighted by Gasteiger charge is -2.23. The fourth-order valence-electron chi connectivity index (χ4n) is 3.43. The van der Waals surface area contributed by atoms with Gasteiger partial charge in [-0.3, -0.25) is 4.79 Å². The number of fused-ring (bicyclic) bond motifs is 1. The predicted molar refractivity (Wildman–Crippen MR) is 94.9 cm³/mol. The highest BCUT2D eigenvalue weighted by atomic mass is 16.1. The normalized spacial score (nSPS) is 16.9. The number of rotatable bonds is 2. The number of hydrogen-bond donors (Lipinski definition) is 0. The van der Waals surface area contributed by atoms with E-state index in [-0.39, 0.29) is 11.7 Å². The molecule has 0 bridgehead atoms. The Kier molecular flexibility index (Phi) is 3.57. The van der Waals surface area contributed by atoms with E-state index in [1.165, 1.54) is 16.7 Å². The maximum absolute atomic E-state index is 12.6. The summed E-state index contributed by atoms with van der Waals surface area (Å²) in [6.45, 7) is 4.15. The van der Waals surface area contributed by atoms with Crippen LogP contribution in [0.3, 0.4) is 0 Å². The fraction of sp³-hybridized carbons (Fsp3) is 0.238. The van der Waals surface area contributed by atoms with Gasteiger partial charge in [0.25, 0.3) is 0 Å². The third kappa shape index (κ3) is 2.56. The van der Waals surface area contributed by atoms with Gasteiger partial charge >= 0.3 is 0 Å². The molecule has 0 fully saturated rings. The second-order valence-electron chi connectivity index (χ2n) is 6.69. The Hall–Kier alpha value is -2.68. The second-order valence-corrected chi connectivity index (χ2v) is 6.69. The lowest BCUT2D eigenvalue weighted by atomic mass is 9.82. The molecule has 4 rings (SSSR count). The van der Waals surface area contributed by atoms with Gasteiger partial charge in [-0.1, -0.05) is 47.5 Å². The van der Waals surface area contributed by atoms with Crippen LogP contribution in [0.25, 0.3) is 5.69 Å². The Balaban J connectivity index is 1.73. The van der Waals surface area contributed by atoms with Crippen LogP contribution in [-0.4, -0.2) is 15.6 Å². The van der Waals surface area contributed by atoms with E-state index >= 15 is 0 Å². The molecule has 1 aliphatic rings. The molecule has 0 N–H and O–H groups in total. The average Bonchev–Trinajstić information content (AvgIpc) is 3.01. The van der Waals surface area contributed by atoms with E-state index in [2.05, 4.69) is 67.5 Å². The topological polar surface area (TPSA) is 34.9 Å². The lowest BCUT2D eigenvalue weighted by molar-refractivity contribution is 0.0964. The molecule has 0 radical (unpaired) electrons. The van der Waals surface area contributed by atoms with Crippen LogP contribution in [-0.2, 0) is 6.42 Å². The Labute approximate surface area is 141 Å². The SMILES string of the molecule is Cc1ccc([C@H]2CC(=O)c3cnn(-c4ccc(C)cc4)c3C2)cc1. The number of aromatic nitrogens is 2. The quantitative estimate of drug-likeness (QED) is 0.702. The van der Waals surface area contributed by atoms with Crippen molar-refractivity contribution in [2.24, 2.45) is 0 Å². The van der Waals surface area contributed by atoms with Crippen LogP contribution >= 0.6 is 0 Å². The summed E-state index contributed by atoms with van der Waals surface area (Å²) in [4.78, 5) is 12.6. The van der Waals surface area contributed by atoms with E-state index in [0.717, 1.165) is 23.4 Å². The zero-order valence-electron chi connectivity index (χ0n) is 14.0. The molecule has 3 heteroatoms. The molecule has 2 aromatic carbocycles. The molecule has 0 saturated carbocycles. The van der Waals surface area contributed by atoms with Gasteiger partial charge in [0.05, 0.1) is 23.1 Å². The minimum atomic E-state index is 0.195. The number of benzene rings is 2. The number of carbonyl (C=O) groups is 1. The Bertz CT molecular complexity index is 889. The molecule has 1 heterocycles. The van der Waals surface area contributed by atoms with Gasteiger partial charge in [-0.25, -0.2) is 4.68 Å². The summed E-state index contributed by atoms with van der Waals surface area (Å²) >= 11 is 0. The summed E-state index contributed by atoms with van der Waals surface area (Å²) in [5.74, 6) is 0.423. The number of ketones is 1. The summed E-state index contributed by atoms with van der Waals surface area (Å²) in [6, 6.07) is 16.8. The zero-order valence-corrected chi connectivity index (χ0v) is 14.0. The van der Waals surface area contributed by atoms with E-state index in [1.807, 2.05) is 4.68 Å². The first-order valence-corrected chi connectivity index (χ1v) is 8.35. The first-order valence-electron chi connectivity index (χ1n) is 8.35. The second kappa shape index (κ2) is 5.75. The highest BCUT2D eigenvalue weighted by Crippen LogP contribution is 2.33. The third-order valence-electron chi connectivity index (χ3n) is 4.87. The van der Waals surface area contributed by atoms with E-state index in [1.54, 1.807) is 6.20 Å². The molecule has 3 aromatic rings. The Morgan fingerprint density at radius 2 is 1.54 bits per heavy atom. The van der Waals surface area contributed by atoms with Crippen molar-refractivity contribution in [2.45, 2.75) is 32.6 Å². The molecule has 0 spiro atoms. The minimum absolute atomic E-state index is 0.195. The molecule has 1 atom stereocenters. The van der Waals surface area contributed by atoms with Gasteiger partial charge in [0.2, 0.25) is 0 Å². The van der Waals surface area contributed by atoms with Gasteiger partial charge in [0.15, 0.2) is 5.78 Å². The van der Waals surface area contributed by atoms with Crippen molar-refractivity contribution >= 4 is 5.78 Å². The van der Waals surface area contributed by atoms with Gasteiger partial charge in [0, 0.05) is 6.42 Å². The summed E-state index contributed by atoms with van der Waals surface area (Å²) < 4.78 is 1.92. The molecule has 0 aliphatic heterocycles. The average molecular weight is 316 g/mol. The van der Waals surface area contributed by atoms with E-state index in [0.29, 0.717) is 6.42 Å². The molecular weight excluding hydrogens is 296 g/mol. The Morgan fingerprint density at radius 1 is 0.917 bits per heavy atom. The molecule has 24 heavy (non-hydrogen) atoms. The van der Waals surface area contributed by atoms with E-state index < -0.39 is 0 Å². The highest BCUT2D eigenvalue weighted by Gasteiger charge is 2.29. The summed E-state index contributed by atoms with van der Waals surface area (Å²) in [7, 11) is 0. The van der Waals surface area contributed by atoms with Gasteiger partial charge in [-0.05, 0) is 43.9 Å². The molecule has 0 saturated heterocycles. The molecule has 0 unspecified atom stereocenters. The van der Waals surface area contributed by atoms with Crippen molar-refractivity contribution < 1.29 is 4.79 Å². The van der Waals surface area contributed by atoms with E-state index in [4.69, 9.17) is 0 Å². The fourth-order valence-corrected chi connectivity index (χ4v) is 3.43. The number of aryl methyl sites for hydroxylation is 2. The first-order chi connectivity index (χ1) is 11.6. The van der Waals surface area contributed by atoms with Gasteiger partial charge < -0.3 is 0 Å². The molecule has 3 nitrogen and oxygen atoms in total. The van der Waals surface area contributed by atoms with Crippen molar-refractivity contribution in [3.05, 3.63) is 82.7 Å². The molecule has 1 aromatic heterocycles. The monoisotopic (exact) mass is 316 g/mol. The Morgan fingerprint density at radius 3 is 2.21 bits per heavy atom. The summed E-state index contributed by atoms with van der Waals surface area (Å²) in [5.41, 5.74) is 6.51. The van der Waals surface area contributed by atoms with Crippen molar-refractivity contribution in [3.8, 4) is 5.69 Å². The predicted octanol–water partition coefficient (Wildman–Crippen LogP) is 4.40. The molecule has 0 amide bonds. The minimum Gasteiger partial charge on any atom is -0.294 e. The van der Waals surface area contributed by atoms with E-state index in [9.17, 15) is 4.79 Å². The van der Waals surface area contributed by atoms with Crippen molar-refractivity contribution in [3.63, 3.8) is 0 Å². The number of carbonyl (C=O) groups excluding carboxylic acids is 1. The smallest absolute Gasteiger partial charge is 0.166 e. The zero-order chi connectivity index (χ0) is 16.7.